The number of para-hydroxylation sites is 1. The molecule has 0 bridgehead atoms. The van der Waals surface area contributed by atoms with Gasteiger partial charge in [-0.05, 0) is 19.1 Å². The number of rotatable bonds is 1. The third-order valence-corrected chi connectivity index (χ3v) is 2.96. The molecule has 0 amide bonds. The Bertz CT molecular complexity index is 697. The topological polar surface area (TPSA) is 43.1 Å². The second kappa shape index (κ2) is 3.52. The van der Waals surface area contributed by atoms with Gasteiger partial charge in [-0.15, -0.1) is 10.2 Å². The molecule has 86 valence electrons. The standard InChI is InChI=1S/C13H14N4/c1-8(2)12-15-16-13-10-6-4-5-7-11(10)14-9(3)17(12)13/h4-8H,1-3H3. The number of nitrogens with zero attached hydrogens (tertiary/aromatic N) is 4. The predicted molar refractivity (Wildman–Crippen MR) is 67.1 cm³/mol. The lowest BCUT2D eigenvalue weighted by Gasteiger charge is -2.07. The Morgan fingerprint density at radius 2 is 1.88 bits per heavy atom. The molecule has 0 atom stereocenters. The van der Waals surface area contributed by atoms with Gasteiger partial charge in [0.25, 0.3) is 0 Å². The van der Waals surface area contributed by atoms with E-state index in [0.717, 1.165) is 28.2 Å². The van der Waals surface area contributed by atoms with Crippen molar-refractivity contribution in [1.82, 2.24) is 19.6 Å². The fourth-order valence-electron chi connectivity index (χ4n) is 2.15. The number of aryl methyl sites for hydroxylation is 1. The minimum absolute atomic E-state index is 0.340. The fraction of sp³-hybridized carbons (Fsp3) is 0.308. The molecule has 0 aliphatic carbocycles. The SMILES string of the molecule is Cc1nc2ccccc2c2nnc(C(C)C)n12. The Kier molecular flexibility index (Phi) is 2.11. The van der Waals surface area contributed by atoms with Crippen LogP contribution in [0, 0.1) is 6.92 Å². The summed E-state index contributed by atoms with van der Waals surface area (Å²) < 4.78 is 2.05. The van der Waals surface area contributed by atoms with Crippen LogP contribution in [0.25, 0.3) is 16.6 Å². The van der Waals surface area contributed by atoms with Crippen molar-refractivity contribution in [2.45, 2.75) is 26.7 Å². The molecule has 0 N–H and O–H groups in total. The molecule has 1 aromatic carbocycles. The lowest BCUT2D eigenvalue weighted by Crippen LogP contribution is -2.03. The molecular weight excluding hydrogens is 212 g/mol. The molecule has 0 fully saturated rings. The first kappa shape index (κ1) is 10.2. The van der Waals surface area contributed by atoms with Gasteiger partial charge >= 0.3 is 0 Å². The Morgan fingerprint density at radius 3 is 2.65 bits per heavy atom. The lowest BCUT2D eigenvalue weighted by molar-refractivity contribution is 0.746. The maximum Gasteiger partial charge on any atom is 0.171 e. The fourth-order valence-corrected chi connectivity index (χ4v) is 2.15. The first-order valence-corrected chi connectivity index (χ1v) is 5.79. The molecule has 0 radical (unpaired) electrons. The van der Waals surface area contributed by atoms with E-state index in [1.807, 2.05) is 35.6 Å². The first-order chi connectivity index (χ1) is 8.18. The Hall–Kier alpha value is -1.97. The van der Waals surface area contributed by atoms with E-state index in [0.29, 0.717) is 5.92 Å². The van der Waals surface area contributed by atoms with Gasteiger partial charge < -0.3 is 0 Å². The van der Waals surface area contributed by atoms with Gasteiger partial charge in [-0.25, -0.2) is 4.98 Å². The molecule has 2 aromatic heterocycles. The van der Waals surface area contributed by atoms with E-state index >= 15 is 0 Å². The van der Waals surface area contributed by atoms with Crippen molar-refractivity contribution in [3.05, 3.63) is 35.9 Å². The molecule has 3 aromatic rings. The summed E-state index contributed by atoms with van der Waals surface area (Å²) >= 11 is 0. The van der Waals surface area contributed by atoms with Crippen molar-refractivity contribution in [1.29, 1.82) is 0 Å². The van der Waals surface area contributed by atoms with Crippen LogP contribution in [-0.2, 0) is 0 Å². The van der Waals surface area contributed by atoms with E-state index < -0.39 is 0 Å². The summed E-state index contributed by atoms with van der Waals surface area (Å²) in [5, 5.41) is 9.63. The average Bonchev–Trinajstić information content (AvgIpc) is 2.74. The van der Waals surface area contributed by atoms with Gasteiger partial charge in [-0.2, -0.15) is 0 Å². The highest BCUT2D eigenvalue weighted by molar-refractivity contribution is 5.91. The van der Waals surface area contributed by atoms with Gasteiger partial charge in [0, 0.05) is 11.3 Å². The zero-order chi connectivity index (χ0) is 12.0. The van der Waals surface area contributed by atoms with Gasteiger partial charge in [0.1, 0.15) is 11.6 Å². The van der Waals surface area contributed by atoms with Crippen LogP contribution in [0.2, 0.25) is 0 Å². The minimum atomic E-state index is 0.340. The Balaban J connectivity index is 2.51. The molecule has 4 heteroatoms. The van der Waals surface area contributed by atoms with Crippen LogP contribution in [-0.4, -0.2) is 19.6 Å². The van der Waals surface area contributed by atoms with Crippen LogP contribution in [0.5, 0.6) is 0 Å². The van der Waals surface area contributed by atoms with Gasteiger partial charge in [0.2, 0.25) is 0 Å². The van der Waals surface area contributed by atoms with Crippen LogP contribution in [0.4, 0.5) is 0 Å². The predicted octanol–water partition coefficient (Wildman–Crippen LogP) is 2.71. The zero-order valence-corrected chi connectivity index (χ0v) is 10.2. The van der Waals surface area contributed by atoms with Crippen LogP contribution in [0.3, 0.4) is 0 Å². The summed E-state index contributed by atoms with van der Waals surface area (Å²) in [4.78, 5) is 4.60. The highest BCUT2D eigenvalue weighted by atomic mass is 15.3. The highest BCUT2D eigenvalue weighted by Gasteiger charge is 2.14. The van der Waals surface area contributed by atoms with Crippen LogP contribution < -0.4 is 0 Å². The number of benzene rings is 1. The third-order valence-electron chi connectivity index (χ3n) is 2.96. The first-order valence-electron chi connectivity index (χ1n) is 5.79. The smallest absolute Gasteiger partial charge is 0.171 e. The summed E-state index contributed by atoms with van der Waals surface area (Å²) in [5.74, 6) is 2.25. The number of hydrogen-bond acceptors (Lipinski definition) is 3. The van der Waals surface area contributed by atoms with Crippen molar-refractivity contribution in [2.75, 3.05) is 0 Å². The molecule has 4 nitrogen and oxygen atoms in total. The molecule has 2 heterocycles. The van der Waals surface area contributed by atoms with Crippen LogP contribution in [0.1, 0.15) is 31.4 Å². The van der Waals surface area contributed by atoms with Gasteiger partial charge in [0.05, 0.1) is 5.52 Å². The third kappa shape index (κ3) is 1.40. The summed E-state index contributed by atoms with van der Waals surface area (Å²) in [7, 11) is 0. The van der Waals surface area contributed by atoms with Crippen molar-refractivity contribution >= 4 is 16.6 Å². The van der Waals surface area contributed by atoms with Crippen molar-refractivity contribution in [3.8, 4) is 0 Å². The van der Waals surface area contributed by atoms with E-state index in [1.165, 1.54) is 0 Å². The molecule has 17 heavy (non-hydrogen) atoms. The van der Waals surface area contributed by atoms with E-state index in [2.05, 4.69) is 29.0 Å². The van der Waals surface area contributed by atoms with Gasteiger partial charge in [-0.3, -0.25) is 4.40 Å². The minimum Gasteiger partial charge on any atom is -0.266 e. The number of fused-ring (bicyclic) bond motifs is 3. The summed E-state index contributed by atoms with van der Waals surface area (Å²) in [5.41, 5.74) is 1.87. The highest BCUT2D eigenvalue weighted by Crippen LogP contribution is 2.21. The van der Waals surface area contributed by atoms with E-state index in [-0.39, 0.29) is 0 Å². The van der Waals surface area contributed by atoms with Gasteiger partial charge in [-0.1, -0.05) is 26.0 Å². The monoisotopic (exact) mass is 226 g/mol. The molecule has 0 aliphatic heterocycles. The molecule has 0 aliphatic rings. The number of hydrogen-bond donors (Lipinski definition) is 0. The van der Waals surface area contributed by atoms with E-state index in [4.69, 9.17) is 0 Å². The molecule has 0 saturated heterocycles. The Labute approximate surface area is 99.3 Å². The molecule has 3 rings (SSSR count). The largest absolute Gasteiger partial charge is 0.266 e. The summed E-state index contributed by atoms with van der Waals surface area (Å²) in [6.07, 6.45) is 0. The van der Waals surface area contributed by atoms with Crippen molar-refractivity contribution < 1.29 is 0 Å². The van der Waals surface area contributed by atoms with E-state index in [9.17, 15) is 0 Å². The Morgan fingerprint density at radius 1 is 1.12 bits per heavy atom. The number of aromatic nitrogens is 4. The van der Waals surface area contributed by atoms with Crippen LogP contribution >= 0.6 is 0 Å². The second-order valence-electron chi connectivity index (χ2n) is 4.55. The average molecular weight is 226 g/mol. The molecule has 0 saturated carbocycles. The van der Waals surface area contributed by atoms with Gasteiger partial charge in [0.15, 0.2) is 5.65 Å². The molecular formula is C13H14N4. The summed E-state index contributed by atoms with van der Waals surface area (Å²) in [6.45, 7) is 6.23. The van der Waals surface area contributed by atoms with Crippen molar-refractivity contribution in [3.63, 3.8) is 0 Å². The normalized spacial score (nSPS) is 11.8. The maximum atomic E-state index is 4.60. The van der Waals surface area contributed by atoms with Crippen LogP contribution in [0.15, 0.2) is 24.3 Å². The van der Waals surface area contributed by atoms with Crippen molar-refractivity contribution in [2.24, 2.45) is 0 Å². The lowest BCUT2D eigenvalue weighted by atomic mass is 10.2. The molecule has 0 unspecified atom stereocenters. The van der Waals surface area contributed by atoms with E-state index in [1.54, 1.807) is 0 Å². The zero-order valence-electron chi connectivity index (χ0n) is 10.2. The maximum absolute atomic E-state index is 4.60. The summed E-state index contributed by atoms with van der Waals surface area (Å²) in [6, 6.07) is 8.04. The second-order valence-corrected chi connectivity index (χ2v) is 4.55. The molecule has 0 spiro atoms. The quantitative estimate of drug-likeness (QED) is 0.640.